The lowest BCUT2D eigenvalue weighted by Gasteiger charge is -2.20. The van der Waals surface area contributed by atoms with E-state index in [9.17, 15) is 9.59 Å². The van der Waals surface area contributed by atoms with Crippen molar-refractivity contribution in [2.45, 2.75) is 26.8 Å². The van der Waals surface area contributed by atoms with Crippen molar-refractivity contribution in [3.63, 3.8) is 0 Å². The number of amides is 2. The first-order valence-electron chi connectivity index (χ1n) is 9.81. The number of carbonyl (C=O) groups excluding carboxylic acids is 2. The van der Waals surface area contributed by atoms with Gasteiger partial charge in [0.1, 0.15) is 12.6 Å². The van der Waals surface area contributed by atoms with Crippen molar-refractivity contribution in [1.82, 2.24) is 10.7 Å². The number of nitrogens with one attached hydrogen (secondary N) is 2. The van der Waals surface area contributed by atoms with Crippen molar-refractivity contribution >= 4 is 18.0 Å². The summed E-state index contributed by atoms with van der Waals surface area (Å²) in [6.07, 6.45) is 6.70. The number of hydrogen-bond donors (Lipinski definition) is 2. The predicted octanol–water partition coefficient (Wildman–Crippen LogP) is 2.92. The largest absolute Gasteiger partial charge is 0.493 e. The minimum absolute atomic E-state index is 0.0635. The molecule has 0 radical (unpaired) electrons. The third kappa shape index (κ3) is 6.61. The molecule has 2 aromatic carbocycles. The van der Waals surface area contributed by atoms with E-state index in [4.69, 9.17) is 15.9 Å². The normalized spacial score (nSPS) is 11.6. The van der Waals surface area contributed by atoms with E-state index in [0.717, 1.165) is 5.56 Å². The molecule has 2 aromatic rings. The molecule has 2 N–H and O–H groups in total. The molecule has 0 aliphatic carbocycles. The summed E-state index contributed by atoms with van der Waals surface area (Å²) in [5.41, 5.74) is 4.60. The minimum atomic E-state index is -0.756. The molecule has 7 heteroatoms. The molecule has 0 saturated heterocycles. The fraction of sp³-hybridized carbons (Fsp3) is 0.292. The maximum absolute atomic E-state index is 12.7. The molecule has 31 heavy (non-hydrogen) atoms. The average Bonchev–Trinajstić information content (AvgIpc) is 2.76. The Labute approximate surface area is 182 Å². The van der Waals surface area contributed by atoms with Crippen LogP contribution in [0.2, 0.25) is 0 Å². The average molecular weight is 421 g/mol. The van der Waals surface area contributed by atoms with E-state index in [1.54, 1.807) is 30.3 Å². The number of methoxy groups -OCH3 is 1. The van der Waals surface area contributed by atoms with E-state index in [1.165, 1.54) is 13.3 Å². The first kappa shape index (κ1) is 23.5. The highest BCUT2D eigenvalue weighted by atomic mass is 16.5. The molecule has 0 aromatic heterocycles. The van der Waals surface area contributed by atoms with Crippen LogP contribution in [-0.2, 0) is 4.79 Å². The third-order valence-electron chi connectivity index (χ3n) is 4.46. The van der Waals surface area contributed by atoms with Crippen LogP contribution < -0.4 is 20.2 Å². The monoisotopic (exact) mass is 421 g/mol. The van der Waals surface area contributed by atoms with Gasteiger partial charge in [0, 0.05) is 11.1 Å². The smallest absolute Gasteiger partial charge is 0.262 e. The van der Waals surface area contributed by atoms with Crippen LogP contribution in [0.1, 0.15) is 35.3 Å². The Morgan fingerprint density at radius 1 is 1.19 bits per heavy atom. The molecular formula is C24H27N3O4. The van der Waals surface area contributed by atoms with Crippen LogP contribution in [-0.4, -0.2) is 37.8 Å². The Bertz CT molecular complexity index is 975. The number of carbonyl (C=O) groups is 2. The van der Waals surface area contributed by atoms with Gasteiger partial charge < -0.3 is 14.8 Å². The number of rotatable bonds is 9. The number of para-hydroxylation sites is 1. The van der Waals surface area contributed by atoms with Gasteiger partial charge in [-0.05, 0) is 37.1 Å². The molecule has 0 saturated carbocycles. The van der Waals surface area contributed by atoms with Crippen molar-refractivity contribution in [3.05, 3.63) is 59.2 Å². The summed E-state index contributed by atoms with van der Waals surface area (Å²) < 4.78 is 10.8. The number of hydrogen-bond acceptors (Lipinski definition) is 5. The quantitative estimate of drug-likeness (QED) is 0.370. The molecule has 1 atom stereocenters. The number of benzene rings is 2. The highest BCUT2D eigenvalue weighted by Gasteiger charge is 2.24. The number of nitrogens with zero attached hydrogens (tertiary/aromatic N) is 1. The van der Waals surface area contributed by atoms with Crippen LogP contribution in [0.4, 0.5) is 0 Å². The van der Waals surface area contributed by atoms with Crippen molar-refractivity contribution in [3.8, 4) is 23.8 Å². The van der Waals surface area contributed by atoms with Crippen molar-refractivity contribution in [2.75, 3.05) is 13.7 Å². The first-order valence-corrected chi connectivity index (χ1v) is 9.81. The SMILES string of the molecule is C#CCOc1c(/C=N/NC(=O)C(NC(=O)c2ccc(C)cc2)C(C)C)cccc1OC. The van der Waals surface area contributed by atoms with Crippen molar-refractivity contribution < 1.29 is 19.1 Å². The summed E-state index contributed by atoms with van der Waals surface area (Å²) in [6.45, 7) is 5.69. The summed E-state index contributed by atoms with van der Waals surface area (Å²) in [5.74, 6) is 2.42. The highest BCUT2D eigenvalue weighted by molar-refractivity contribution is 5.97. The number of hydrazone groups is 1. The lowest BCUT2D eigenvalue weighted by atomic mass is 10.0. The Hall–Kier alpha value is -3.79. The van der Waals surface area contributed by atoms with Gasteiger partial charge >= 0.3 is 0 Å². The maximum Gasteiger partial charge on any atom is 0.262 e. The van der Waals surface area contributed by atoms with Gasteiger partial charge in [-0.25, -0.2) is 5.43 Å². The van der Waals surface area contributed by atoms with Gasteiger partial charge in [-0.2, -0.15) is 5.10 Å². The zero-order valence-electron chi connectivity index (χ0n) is 18.1. The summed E-state index contributed by atoms with van der Waals surface area (Å²) in [7, 11) is 1.52. The van der Waals surface area contributed by atoms with Gasteiger partial charge in [-0.1, -0.05) is 43.5 Å². The van der Waals surface area contributed by atoms with Crippen LogP contribution in [0.15, 0.2) is 47.6 Å². The van der Waals surface area contributed by atoms with Crippen molar-refractivity contribution in [2.24, 2.45) is 11.0 Å². The highest BCUT2D eigenvalue weighted by Crippen LogP contribution is 2.29. The van der Waals surface area contributed by atoms with Crippen LogP contribution in [0.3, 0.4) is 0 Å². The minimum Gasteiger partial charge on any atom is -0.493 e. The van der Waals surface area contributed by atoms with Crippen LogP contribution in [0.5, 0.6) is 11.5 Å². The standard InChI is InChI=1S/C24H27N3O4/c1-6-14-31-22-19(8-7-9-20(22)30-5)15-25-27-24(29)21(16(2)3)26-23(28)18-12-10-17(4)11-13-18/h1,7-13,15-16,21H,14H2,2-5H3,(H,26,28)(H,27,29)/b25-15+. The topological polar surface area (TPSA) is 89.0 Å². The van der Waals surface area contributed by atoms with E-state index < -0.39 is 11.9 Å². The molecule has 162 valence electrons. The van der Waals surface area contributed by atoms with E-state index in [1.807, 2.05) is 32.9 Å². The Kier molecular flexibility index (Phi) is 8.64. The summed E-state index contributed by atoms with van der Waals surface area (Å²) >= 11 is 0. The van der Waals surface area contributed by atoms with Crippen LogP contribution >= 0.6 is 0 Å². The molecule has 2 rings (SSSR count). The fourth-order valence-corrected chi connectivity index (χ4v) is 2.76. The molecule has 7 nitrogen and oxygen atoms in total. The molecule has 2 amide bonds. The zero-order chi connectivity index (χ0) is 22.8. The first-order chi connectivity index (χ1) is 14.9. The van der Waals surface area contributed by atoms with Crippen LogP contribution in [0.25, 0.3) is 0 Å². The van der Waals surface area contributed by atoms with Crippen molar-refractivity contribution in [1.29, 1.82) is 0 Å². The van der Waals surface area contributed by atoms with Crippen LogP contribution in [0, 0.1) is 25.2 Å². The second-order valence-electron chi connectivity index (χ2n) is 7.17. The lowest BCUT2D eigenvalue weighted by Crippen LogP contribution is -2.48. The molecular weight excluding hydrogens is 394 g/mol. The molecule has 0 aliphatic heterocycles. The molecule has 0 heterocycles. The summed E-state index contributed by atoms with van der Waals surface area (Å²) in [4.78, 5) is 25.2. The van der Waals surface area contributed by atoms with Gasteiger partial charge in [0.15, 0.2) is 11.5 Å². The van der Waals surface area contributed by atoms with E-state index >= 15 is 0 Å². The van der Waals surface area contributed by atoms with E-state index in [-0.39, 0.29) is 18.4 Å². The Morgan fingerprint density at radius 3 is 2.52 bits per heavy atom. The van der Waals surface area contributed by atoms with Gasteiger partial charge in [0.05, 0.1) is 13.3 Å². The number of terminal acetylenes is 1. The molecule has 0 fully saturated rings. The van der Waals surface area contributed by atoms with Gasteiger partial charge in [-0.3, -0.25) is 9.59 Å². The maximum atomic E-state index is 12.7. The number of aryl methyl sites for hydroxylation is 1. The van der Waals surface area contributed by atoms with E-state index in [2.05, 4.69) is 21.8 Å². The Balaban J connectivity index is 2.10. The molecule has 0 aliphatic rings. The summed E-state index contributed by atoms with van der Waals surface area (Å²) in [6, 6.07) is 11.6. The molecule has 1 unspecified atom stereocenters. The second-order valence-corrected chi connectivity index (χ2v) is 7.17. The van der Waals surface area contributed by atoms with Gasteiger partial charge in [0.2, 0.25) is 0 Å². The zero-order valence-corrected chi connectivity index (χ0v) is 18.1. The third-order valence-corrected chi connectivity index (χ3v) is 4.46. The molecule has 0 bridgehead atoms. The number of ether oxygens (including phenoxy) is 2. The second kappa shape index (κ2) is 11.4. The molecule has 0 spiro atoms. The summed E-state index contributed by atoms with van der Waals surface area (Å²) in [5, 5.41) is 6.78. The van der Waals surface area contributed by atoms with Gasteiger partial charge in [-0.15, -0.1) is 6.42 Å². The fourth-order valence-electron chi connectivity index (χ4n) is 2.76. The lowest BCUT2D eigenvalue weighted by molar-refractivity contribution is -0.123. The predicted molar refractivity (Wildman–Crippen MR) is 120 cm³/mol. The van der Waals surface area contributed by atoms with Gasteiger partial charge in [0.25, 0.3) is 11.8 Å². The Morgan fingerprint density at radius 2 is 1.90 bits per heavy atom. The van der Waals surface area contributed by atoms with E-state index in [0.29, 0.717) is 22.6 Å².